The van der Waals surface area contributed by atoms with Gasteiger partial charge >= 0.3 is 5.69 Å². The molecule has 1 aliphatic carbocycles. The highest BCUT2D eigenvalue weighted by Crippen LogP contribution is 2.29. The molecule has 1 fully saturated rings. The molecule has 0 amide bonds. The van der Waals surface area contributed by atoms with E-state index in [1.807, 2.05) is 18.2 Å². The number of nitrogens with one attached hydrogen (secondary N) is 2. The summed E-state index contributed by atoms with van der Waals surface area (Å²) in [5, 5.41) is 18.4. The van der Waals surface area contributed by atoms with E-state index < -0.39 is 4.92 Å². The number of fused-ring (bicyclic) bond motifs is 1. The molecule has 2 aromatic heterocycles. The Bertz CT molecular complexity index is 907. The van der Waals surface area contributed by atoms with E-state index in [-0.39, 0.29) is 11.7 Å². The lowest BCUT2D eigenvalue weighted by atomic mass is 10.3. The van der Waals surface area contributed by atoms with Crippen molar-refractivity contribution in [1.82, 2.24) is 15.0 Å². The summed E-state index contributed by atoms with van der Waals surface area (Å²) in [5.41, 5.74) is 0.951. The van der Waals surface area contributed by atoms with Crippen LogP contribution in [0.15, 0.2) is 30.5 Å². The maximum Gasteiger partial charge on any atom is 0.329 e. The minimum Gasteiger partial charge on any atom is -0.361 e. The smallest absolute Gasteiger partial charge is 0.329 e. The van der Waals surface area contributed by atoms with E-state index in [4.69, 9.17) is 0 Å². The third-order valence-electron chi connectivity index (χ3n) is 4.07. The Kier molecular flexibility index (Phi) is 4.61. The number of thiazole rings is 1. The van der Waals surface area contributed by atoms with Crippen LogP contribution in [0.4, 0.5) is 17.5 Å². The highest BCUT2D eigenvalue weighted by molar-refractivity contribution is 7.18. The first-order valence-electron chi connectivity index (χ1n) is 8.55. The van der Waals surface area contributed by atoms with Crippen molar-refractivity contribution < 1.29 is 4.92 Å². The van der Waals surface area contributed by atoms with Gasteiger partial charge in [0.15, 0.2) is 0 Å². The van der Waals surface area contributed by atoms with Gasteiger partial charge in [-0.05, 0) is 31.4 Å². The molecule has 0 bridgehead atoms. The summed E-state index contributed by atoms with van der Waals surface area (Å²) in [6.45, 7) is 0.677. The number of anilines is 2. The van der Waals surface area contributed by atoms with Crippen molar-refractivity contribution in [3.05, 3.63) is 45.6 Å². The molecule has 0 radical (unpaired) electrons. The maximum atomic E-state index is 11.1. The SMILES string of the molecule is O=[N+]([O-])c1cnc(NCCCc2nc3ccccc3s2)nc1NC1CC1. The van der Waals surface area contributed by atoms with Crippen LogP contribution in [-0.2, 0) is 6.42 Å². The number of aromatic nitrogens is 3. The van der Waals surface area contributed by atoms with E-state index in [0.717, 1.165) is 36.2 Å². The first kappa shape index (κ1) is 16.6. The fraction of sp³-hybridized carbons (Fsp3) is 0.353. The van der Waals surface area contributed by atoms with Gasteiger partial charge in [-0.1, -0.05) is 12.1 Å². The van der Waals surface area contributed by atoms with Crippen LogP contribution in [0.5, 0.6) is 0 Å². The minimum atomic E-state index is -0.457. The van der Waals surface area contributed by atoms with Gasteiger partial charge in [0.25, 0.3) is 0 Å². The van der Waals surface area contributed by atoms with Gasteiger partial charge in [-0.2, -0.15) is 4.98 Å². The van der Waals surface area contributed by atoms with Gasteiger partial charge in [-0.15, -0.1) is 11.3 Å². The van der Waals surface area contributed by atoms with Crippen molar-refractivity contribution in [3.8, 4) is 0 Å². The van der Waals surface area contributed by atoms with Gasteiger partial charge in [0.2, 0.25) is 11.8 Å². The van der Waals surface area contributed by atoms with Crippen molar-refractivity contribution in [1.29, 1.82) is 0 Å². The third-order valence-corrected chi connectivity index (χ3v) is 5.17. The standard InChI is InChI=1S/C17H18N6O2S/c24-23(25)13-10-19-17(22-16(13)20-11-7-8-11)18-9-3-6-15-21-12-4-1-2-5-14(12)26-15/h1-2,4-5,10-11H,3,6-9H2,(H2,18,19,20,22). The van der Waals surface area contributed by atoms with Crippen molar-refractivity contribution in [2.75, 3.05) is 17.2 Å². The summed E-state index contributed by atoms with van der Waals surface area (Å²) in [7, 11) is 0. The summed E-state index contributed by atoms with van der Waals surface area (Å²) < 4.78 is 1.20. The van der Waals surface area contributed by atoms with Crippen LogP contribution in [0.25, 0.3) is 10.2 Å². The zero-order chi connectivity index (χ0) is 17.9. The lowest BCUT2D eigenvalue weighted by Gasteiger charge is -2.08. The number of hydrogen-bond donors (Lipinski definition) is 2. The van der Waals surface area contributed by atoms with Crippen LogP contribution in [-0.4, -0.2) is 32.5 Å². The molecule has 3 aromatic rings. The lowest BCUT2D eigenvalue weighted by molar-refractivity contribution is -0.384. The van der Waals surface area contributed by atoms with Crippen molar-refractivity contribution >= 4 is 39.0 Å². The molecule has 26 heavy (non-hydrogen) atoms. The zero-order valence-corrected chi connectivity index (χ0v) is 14.8. The summed E-state index contributed by atoms with van der Waals surface area (Å²) in [4.78, 5) is 23.6. The van der Waals surface area contributed by atoms with Crippen LogP contribution in [0, 0.1) is 10.1 Å². The molecule has 9 heteroatoms. The number of rotatable bonds is 8. The summed E-state index contributed by atoms with van der Waals surface area (Å²) in [5.74, 6) is 0.698. The molecule has 0 unspecified atom stereocenters. The molecule has 0 saturated heterocycles. The summed E-state index contributed by atoms with van der Waals surface area (Å²) in [6.07, 6.45) is 5.05. The van der Waals surface area contributed by atoms with Gasteiger partial charge in [0.1, 0.15) is 6.20 Å². The number of aryl methyl sites for hydroxylation is 1. The number of nitro groups is 1. The lowest BCUT2D eigenvalue weighted by Crippen LogP contribution is -2.11. The van der Waals surface area contributed by atoms with Crippen LogP contribution >= 0.6 is 11.3 Å². The number of hydrogen-bond acceptors (Lipinski definition) is 8. The molecule has 1 aromatic carbocycles. The quantitative estimate of drug-likeness (QED) is 0.354. The maximum absolute atomic E-state index is 11.1. The highest BCUT2D eigenvalue weighted by Gasteiger charge is 2.26. The molecule has 8 nitrogen and oxygen atoms in total. The molecular weight excluding hydrogens is 352 g/mol. The number of nitrogens with zero attached hydrogens (tertiary/aromatic N) is 4. The monoisotopic (exact) mass is 370 g/mol. The minimum absolute atomic E-state index is 0.0862. The topological polar surface area (TPSA) is 106 Å². The van der Waals surface area contributed by atoms with Gasteiger partial charge in [0.05, 0.1) is 20.1 Å². The normalized spacial score (nSPS) is 13.7. The second-order valence-electron chi connectivity index (χ2n) is 6.21. The summed E-state index contributed by atoms with van der Waals surface area (Å²) in [6, 6.07) is 8.40. The van der Waals surface area contributed by atoms with Crippen molar-refractivity contribution in [3.63, 3.8) is 0 Å². The molecule has 1 saturated carbocycles. The Morgan fingerprint density at radius 1 is 1.27 bits per heavy atom. The van der Waals surface area contributed by atoms with Gasteiger partial charge in [-0.3, -0.25) is 10.1 Å². The average Bonchev–Trinajstić information content (AvgIpc) is 3.34. The Morgan fingerprint density at radius 3 is 2.88 bits per heavy atom. The molecule has 2 N–H and O–H groups in total. The fourth-order valence-electron chi connectivity index (χ4n) is 2.59. The molecule has 134 valence electrons. The molecular formula is C17H18N6O2S. The largest absolute Gasteiger partial charge is 0.361 e. The van der Waals surface area contributed by atoms with Crippen molar-refractivity contribution in [2.45, 2.75) is 31.7 Å². The Morgan fingerprint density at radius 2 is 2.12 bits per heavy atom. The van der Waals surface area contributed by atoms with Crippen LogP contribution in [0.2, 0.25) is 0 Å². The molecule has 0 aliphatic heterocycles. The predicted molar refractivity (Wildman–Crippen MR) is 102 cm³/mol. The van der Waals surface area contributed by atoms with E-state index in [1.54, 1.807) is 11.3 Å². The Labute approximate surface area is 153 Å². The Balaban J connectivity index is 1.34. The number of benzene rings is 1. The molecule has 0 spiro atoms. The second kappa shape index (κ2) is 7.20. The Hall–Kier alpha value is -2.81. The third kappa shape index (κ3) is 3.88. The van der Waals surface area contributed by atoms with E-state index in [1.165, 1.54) is 10.9 Å². The molecule has 2 heterocycles. The number of para-hydroxylation sites is 1. The van der Waals surface area contributed by atoms with Crippen LogP contribution in [0.1, 0.15) is 24.3 Å². The molecule has 1 aliphatic rings. The van der Waals surface area contributed by atoms with E-state index in [0.29, 0.717) is 18.3 Å². The van der Waals surface area contributed by atoms with E-state index >= 15 is 0 Å². The second-order valence-corrected chi connectivity index (χ2v) is 7.32. The fourth-order valence-corrected chi connectivity index (χ4v) is 3.60. The van der Waals surface area contributed by atoms with Crippen molar-refractivity contribution in [2.24, 2.45) is 0 Å². The van der Waals surface area contributed by atoms with Crippen LogP contribution in [0.3, 0.4) is 0 Å². The van der Waals surface area contributed by atoms with E-state index in [2.05, 4.69) is 31.7 Å². The highest BCUT2D eigenvalue weighted by atomic mass is 32.1. The zero-order valence-electron chi connectivity index (χ0n) is 14.0. The van der Waals surface area contributed by atoms with Crippen LogP contribution < -0.4 is 10.6 Å². The van der Waals surface area contributed by atoms with Gasteiger partial charge < -0.3 is 10.6 Å². The molecule has 0 atom stereocenters. The van der Waals surface area contributed by atoms with Gasteiger partial charge in [-0.25, -0.2) is 9.97 Å². The summed E-state index contributed by atoms with van der Waals surface area (Å²) >= 11 is 1.71. The molecule has 4 rings (SSSR count). The van der Waals surface area contributed by atoms with Gasteiger partial charge in [0, 0.05) is 19.0 Å². The first-order chi connectivity index (χ1) is 12.7. The first-order valence-corrected chi connectivity index (χ1v) is 9.37. The predicted octanol–water partition coefficient (Wildman–Crippen LogP) is 3.61. The average molecular weight is 370 g/mol. The van der Waals surface area contributed by atoms with E-state index in [9.17, 15) is 10.1 Å².